The Bertz CT molecular complexity index is 530. The lowest BCUT2D eigenvalue weighted by Gasteiger charge is -2.21. The fourth-order valence-corrected chi connectivity index (χ4v) is 3.97. The molecular formula is C13H21N3O2S. The molecule has 0 unspecified atom stereocenters. The van der Waals surface area contributed by atoms with Crippen molar-refractivity contribution in [3.8, 4) is 0 Å². The van der Waals surface area contributed by atoms with E-state index in [1.165, 1.54) is 0 Å². The highest BCUT2D eigenvalue weighted by Crippen LogP contribution is 2.24. The summed E-state index contributed by atoms with van der Waals surface area (Å²) in [5.41, 5.74) is 0.653. The van der Waals surface area contributed by atoms with E-state index in [0.29, 0.717) is 23.7 Å². The molecule has 0 bridgehead atoms. The molecule has 0 aromatic heterocycles. The van der Waals surface area contributed by atoms with Crippen molar-refractivity contribution in [2.24, 2.45) is 0 Å². The van der Waals surface area contributed by atoms with Crippen LogP contribution >= 0.6 is 0 Å². The number of likely N-dealkylation sites (N-methyl/N-ethyl adjacent to an activating group) is 1. The molecule has 0 amide bonds. The Kier molecular flexibility index (Phi) is 4.44. The van der Waals surface area contributed by atoms with Crippen LogP contribution in [0.15, 0.2) is 29.2 Å². The van der Waals surface area contributed by atoms with Crippen LogP contribution in [0.1, 0.15) is 6.42 Å². The highest BCUT2D eigenvalue weighted by atomic mass is 32.2. The van der Waals surface area contributed by atoms with Gasteiger partial charge in [-0.25, -0.2) is 8.42 Å². The van der Waals surface area contributed by atoms with Crippen LogP contribution < -0.4 is 5.32 Å². The van der Waals surface area contributed by atoms with E-state index in [2.05, 4.69) is 10.2 Å². The maximum atomic E-state index is 12.7. The van der Waals surface area contributed by atoms with Crippen LogP contribution in [0.2, 0.25) is 0 Å². The molecule has 1 fully saturated rings. The van der Waals surface area contributed by atoms with Crippen molar-refractivity contribution >= 4 is 15.7 Å². The van der Waals surface area contributed by atoms with Crippen molar-refractivity contribution in [3.63, 3.8) is 0 Å². The molecule has 5 nitrogen and oxygen atoms in total. The molecule has 0 saturated carbocycles. The number of nitrogens with one attached hydrogen (secondary N) is 1. The third-order valence-corrected chi connectivity index (χ3v) is 5.41. The molecule has 19 heavy (non-hydrogen) atoms. The lowest BCUT2D eigenvalue weighted by Crippen LogP contribution is -2.34. The Labute approximate surface area is 115 Å². The van der Waals surface area contributed by atoms with Crippen molar-refractivity contribution in [2.75, 3.05) is 45.6 Å². The minimum atomic E-state index is -3.41. The lowest BCUT2D eigenvalue weighted by molar-refractivity contribution is 0.347. The van der Waals surface area contributed by atoms with Gasteiger partial charge in [0.1, 0.15) is 4.90 Å². The molecule has 1 aliphatic heterocycles. The first kappa shape index (κ1) is 14.3. The lowest BCUT2D eigenvalue weighted by atomic mass is 10.3. The standard InChI is InChI=1S/C13H21N3O2S/c1-14-12-6-3-4-7-13(12)19(17,18)16-9-5-8-15(2)10-11-16/h3-4,6-7,14H,5,8-11H2,1-2H3. The second kappa shape index (κ2) is 5.90. The number of sulfonamides is 1. The molecule has 1 aromatic rings. The van der Waals surface area contributed by atoms with Crippen LogP contribution in [0.5, 0.6) is 0 Å². The number of anilines is 1. The van der Waals surface area contributed by atoms with Gasteiger partial charge in [0, 0.05) is 26.7 Å². The van der Waals surface area contributed by atoms with E-state index in [1.807, 2.05) is 13.1 Å². The van der Waals surface area contributed by atoms with Crippen molar-refractivity contribution in [2.45, 2.75) is 11.3 Å². The van der Waals surface area contributed by atoms with Gasteiger partial charge in [-0.3, -0.25) is 0 Å². The summed E-state index contributed by atoms with van der Waals surface area (Å²) in [7, 11) is 0.359. The highest BCUT2D eigenvalue weighted by molar-refractivity contribution is 7.89. The molecule has 6 heteroatoms. The van der Waals surface area contributed by atoms with Crippen LogP contribution in [0.4, 0.5) is 5.69 Å². The second-order valence-corrected chi connectivity index (χ2v) is 6.71. The van der Waals surface area contributed by atoms with Gasteiger partial charge in [-0.05, 0) is 32.1 Å². The second-order valence-electron chi connectivity index (χ2n) is 4.81. The fraction of sp³-hybridized carbons (Fsp3) is 0.538. The van der Waals surface area contributed by atoms with E-state index in [9.17, 15) is 8.42 Å². The minimum Gasteiger partial charge on any atom is -0.387 e. The SMILES string of the molecule is CNc1ccccc1S(=O)(=O)N1CCCN(C)CC1. The minimum absolute atomic E-state index is 0.363. The van der Waals surface area contributed by atoms with E-state index >= 15 is 0 Å². The molecule has 0 atom stereocenters. The number of benzene rings is 1. The average Bonchev–Trinajstić information content (AvgIpc) is 2.64. The van der Waals surface area contributed by atoms with E-state index in [-0.39, 0.29) is 0 Å². The molecule has 1 heterocycles. The summed E-state index contributed by atoms with van der Waals surface area (Å²) in [5.74, 6) is 0. The van der Waals surface area contributed by atoms with Crippen LogP contribution in [0.25, 0.3) is 0 Å². The van der Waals surface area contributed by atoms with Crippen LogP contribution in [-0.4, -0.2) is 57.9 Å². The zero-order valence-corrected chi connectivity index (χ0v) is 12.3. The van der Waals surface area contributed by atoms with Gasteiger partial charge in [-0.2, -0.15) is 4.31 Å². The molecule has 0 radical (unpaired) electrons. The molecule has 1 N–H and O–H groups in total. The number of rotatable bonds is 3. The monoisotopic (exact) mass is 283 g/mol. The fourth-order valence-electron chi connectivity index (χ4n) is 2.30. The zero-order valence-electron chi connectivity index (χ0n) is 11.5. The van der Waals surface area contributed by atoms with Gasteiger partial charge < -0.3 is 10.2 Å². The maximum Gasteiger partial charge on any atom is 0.245 e. The summed E-state index contributed by atoms with van der Waals surface area (Å²) in [6.07, 6.45) is 0.872. The Balaban J connectivity index is 2.31. The topological polar surface area (TPSA) is 52.7 Å². The third kappa shape index (κ3) is 3.08. The van der Waals surface area contributed by atoms with Crippen LogP contribution in [-0.2, 0) is 10.0 Å². The molecule has 0 aliphatic carbocycles. The molecule has 2 rings (SSSR count). The highest BCUT2D eigenvalue weighted by Gasteiger charge is 2.27. The smallest absolute Gasteiger partial charge is 0.245 e. The van der Waals surface area contributed by atoms with Gasteiger partial charge >= 0.3 is 0 Å². The Morgan fingerprint density at radius 2 is 1.84 bits per heavy atom. The summed E-state index contributed by atoms with van der Waals surface area (Å²) in [6, 6.07) is 7.05. The van der Waals surface area contributed by atoms with Gasteiger partial charge in [0.15, 0.2) is 0 Å². The first-order chi connectivity index (χ1) is 9.05. The summed E-state index contributed by atoms with van der Waals surface area (Å²) in [4.78, 5) is 2.53. The molecule has 1 aromatic carbocycles. The molecule has 1 aliphatic rings. The van der Waals surface area contributed by atoms with Crippen molar-refractivity contribution in [3.05, 3.63) is 24.3 Å². The van der Waals surface area contributed by atoms with E-state index in [0.717, 1.165) is 19.5 Å². The van der Waals surface area contributed by atoms with E-state index < -0.39 is 10.0 Å². The quantitative estimate of drug-likeness (QED) is 0.901. The Morgan fingerprint density at radius 3 is 2.58 bits per heavy atom. The number of nitrogens with zero attached hydrogens (tertiary/aromatic N) is 2. The van der Waals surface area contributed by atoms with Gasteiger partial charge in [0.05, 0.1) is 5.69 Å². The maximum absolute atomic E-state index is 12.7. The van der Waals surface area contributed by atoms with Gasteiger partial charge in [-0.1, -0.05) is 12.1 Å². The Morgan fingerprint density at radius 1 is 1.11 bits per heavy atom. The number of para-hydroxylation sites is 1. The molecule has 106 valence electrons. The summed E-state index contributed by atoms with van der Waals surface area (Å²) < 4.78 is 27.0. The van der Waals surface area contributed by atoms with Crippen molar-refractivity contribution in [1.82, 2.24) is 9.21 Å². The summed E-state index contributed by atoms with van der Waals surface area (Å²) >= 11 is 0. The van der Waals surface area contributed by atoms with Crippen LogP contribution in [0.3, 0.4) is 0 Å². The predicted octanol–water partition coefficient (Wildman–Crippen LogP) is 1.05. The summed E-state index contributed by atoms with van der Waals surface area (Å²) in [6.45, 7) is 2.86. The van der Waals surface area contributed by atoms with E-state index in [4.69, 9.17) is 0 Å². The average molecular weight is 283 g/mol. The van der Waals surface area contributed by atoms with E-state index in [1.54, 1.807) is 29.6 Å². The van der Waals surface area contributed by atoms with Gasteiger partial charge in [0.25, 0.3) is 0 Å². The predicted molar refractivity (Wildman–Crippen MR) is 76.9 cm³/mol. The largest absolute Gasteiger partial charge is 0.387 e. The number of hydrogen-bond acceptors (Lipinski definition) is 4. The normalized spacial score (nSPS) is 19.1. The van der Waals surface area contributed by atoms with Crippen LogP contribution in [0, 0.1) is 0 Å². The molecule has 1 saturated heterocycles. The number of hydrogen-bond donors (Lipinski definition) is 1. The molecular weight excluding hydrogens is 262 g/mol. The third-order valence-electron chi connectivity index (χ3n) is 3.45. The van der Waals surface area contributed by atoms with Gasteiger partial charge in [0.2, 0.25) is 10.0 Å². The van der Waals surface area contributed by atoms with Crippen molar-refractivity contribution in [1.29, 1.82) is 0 Å². The van der Waals surface area contributed by atoms with Gasteiger partial charge in [-0.15, -0.1) is 0 Å². The first-order valence-electron chi connectivity index (χ1n) is 6.51. The Hall–Kier alpha value is -1.11. The first-order valence-corrected chi connectivity index (χ1v) is 7.95. The zero-order chi connectivity index (χ0) is 13.9. The molecule has 0 spiro atoms. The van der Waals surface area contributed by atoms with Crippen molar-refractivity contribution < 1.29 is 8.42 Å². The summed E-state index contributed by atoms with van der Waals surface area (Å²) in [5, 5.41) is 2.95.